The molecule has 3 rings (SSSR count). The number of carbonyl (C=O) groups is 1. The van der Waals surface area contributed by atoms with Crippen LogP contribution in [0.25, 0.3) is 0 Å². The Labute approximate surface area is 149 Å². The van der Waals surface area contributed by atoms with Crippen LogP contribution in [0.2, 0.25) is 0 Å². The van der Waals surface area contributed by atoms with Crippen LogP contribution in [-0.4, -0.2) is 49.8 Å². The summed E-state index contributed by atoms with van der Waals surface area (Å²) in [6.45, 7) is 4.14. The molecular formula is C15H24Cl2N4O2. The molecule has 1 aromatic heterocycles. The van der Waals surface area contributed by atoms with Gasteiger partial charge in [0.25, 0.3) is 0 Å². The van der Waals surface area contributed by atoms with E-state index in [-0.39, 0.29) is 36.8 Å². The van der Waals surface area contributed by atoms with Crippen LogP contribution in [0.4, 0.5) is 11.5 Å². The van der Waals surface area contributed by atoms with Crippen molar-refractivity contribution >= 4 is 42.2 Å². The third-order valence-electron chi connectivity index (χ3n) is 3.98. The second-order valence-electron chi connectivity index (χ2n) is 5.50. The first-order valence-electron chi connectivity index (χ1n) is 7.66. The number of piperidine rings is 1. The molecule has 3 heterocycles. The highest BCUT2D eigenvalue weighted by atomic mass is 35.5. The average Bonchev–Trinajstić information content (AvgIpc) is 2.57. The topological polar surface area (TPSA) is 66.5 Å². The van der Waals surface area contributed by atoms with Crippen LogP contribution in [0.1, 0.15) is 19.3 Å². The zero-order chi connectivity index (χ0) is 14.5. The highest BCUT2D eigenvalue weighted by Crippen LogP contribution is 2.16. The van der Waals surface area contributed by atoms with Gasteiger partial charge in [0.05, 0.1) is 31.1 Å². The number of morpholine rings is 1. The number of hydrogen-bond acceptors (Lipinski definition) is 5. The monoisotopic (exact) mass is 362 g/mol. The number of rotatable bonds is 3. The standard InChI is InChI=1S/C15H22N4O2.2ClH/c20-15(13-3-1-2-6-16-13)18-12-4-5-14(17-11-12)19-7-9-21-10-8-19;;/h4-5,11,13,16H,1-3,6-10H2,(H,18,20);2*1H/t13-;;/m1../s1. The Morgan fingerprint density at radius 2 is 2.04 bits per heavy atom. The van der Waals surface area contributed by atoms with E-state index in [1.165, 1.54) is 0 Å². The van der Waals surface area contributed by atoms with Gasteiger partial charge in [-0.2, -0.15) is 0 Å². The largest absolute Gasteiger partial charge is 0.378 e. The molecule has 0 saturated carbocycles. The molecule has 0 aromatic carbocycles. The molecule has 0 unspecified atom stereocenters. The normalized spacial score (nSPS) is 20.9. The molecule has 0 radical (unpaired) electrons. The molecular weight excluding hydrogens is 339 g/mol. The summed E-state index contributed by atoms with van der Waals surface area (Å²) in [6, 6.07) is 3.80. The van der Waals surface area contributed by atoms with Crippen LogP contribution in [0, 0.1) is 0 Å². The molecule has 1 aromatic rings. The maximum Gasteiger partial charge on any atom is 0.241 e. The van der Waals surface area contributed by atoms with Gasteiger partial charge in [-0.3, -0.25) is 4.79 Å². The van der Waals surface area contributed by atoms with Gasteiger partial charge >= 0.3 is 0 Å². The second-order valence-corrected chi connectivity index (χ2v) is 5.50. The minimum absolute atomic E-state index is 0. The van der Waals surface area contributed by atoms with Crippen LogP contribution in [0.5, 0.6) is 0 Å². The van der Waals surface area contributed by atoms with Crippen LogP contribution in [0.3, 0.4) is 0 Å². The number of pyridine rings is 1. The molecule has 1 atom stereocenters. The van der Waals surface area contributed by atoms with E-state index in [0.717, 1.165) is 63.6 Å². The van der Waals surface area contributed by atoms with Crippen LogP contribution in [-0.2, 0) is 9.53 Å². The summed E-state index contributed by atoms with van der Waals surface area (Å²) in [5.41, 5.74) is 0.754. The Morgan fingerprint density at radius 1 is 1.26 bits per heavy atom. The van der Waals surface area contributed by atoms with Crippen LogP contribution < -0.4 is 15.5 Å². The fraction of sp³-hybridized carbons (Fsp3) is 0.600. The van der Waals surface area contributed by atoms with Gasteiger partial charge < -0.3 is 20.3 Å². The number of ether oxygens (including phenoxy) is 1. The van der Waals surface area contributed by atoms with Gasteiger partial charge in [0.1, 0.15) is 5.82 Å². The first kappa shape index (κ1) is 20.0. The molecule has 23 heavy (non-hydrogen) atoms. The molecule has 2 saturated heterocycles. The summed E-state index contributed by atoms with van der Waals surface area (Å²) in [4.78, 5) is 18.8. The molecule has 130 valence electrons. The quantitative estimate of drug-likeness (QED) is 0.858. The SMILES string of the molecule is Cl.Cl.O=C(Nc1ccc(N2CCOCC2)nc1)[C@H]1CCCCN1. The van der Waals surface area contributed by atoms with Crippen molar-refractivity contribution in [2.24, 2.45) is 0 Å². The number of anilines is 2. The number of carbonyl (C=O) groups excluding carboxylic acids is 1. The Bertz CT molecular complexity index is 475. The minimum Gasteiger partial charge on any atom is -0.378 e. The van der Waals surface area contributed by atoms with Crippen molar-refractivity contribution in [3.8, 4) is 0 Å². The van der Waals surface area contributed by atoms with Gasteiger partial charge in [-0.25, -0.2) is 4.98 Å². The van der Waals surface area contributed by atoms with E-state index >= 15 is 0 Å². The Hall–Kier alpha value is -1.08. The lowest BCUT2D eigenvalue weighted by atomic mass is 10.0. The van der Waals surface area contributed by atoms with Crippen LogP contribution in [0.15, 0.2) is 18.3 Å². The Morgan fingerprint density at radius 3 is 2.65 bits per heavy atom. The predicted octanol–water partition coefficient (Wildman–Crippen LogP) is 1.84. The third-order valence-corrected chi connectivity index (χ3v) is 3.98. The number of amides is 1. The lowest BCUT2D eigenvalue weighted by molar-refractivity contribution is -0.118. The smallest absolute Gasteiger partial charge is 0.241 e. The molecule has 2 aliphatic heterocycles. The molecule has 2 N–H and O–H groups in total. The summed E-state index contributed by atoms with van der Waals surface area (Å²) in [6.07, 6.45) is 4.90. The van der Waals surface area contributed by atoms with Crippen molar-refractivity contribution in [2.45, 2.75) is 25.3 Å². The summed E-state index contributed by atoms with van der Waals surface area (Å²) in [7, 11) is 0. The first-order chi connectivity index (χ1) is 10.3. The van der Waals surface area contributed by atoms with E-state index in [4.69, 9.17) is 4.74 Å². The van der Waals surface area contributed by atoms with Crippen molar-refractivity contribution in [2.75, 3.05) is 43.1 Å². The lowest BCUT2D eigenvalue weighted by Crippen LogP contribution is -2.43. The van der Waals surface area contributed by atoms with Gasteiger partial charge in [-0.15, -0.1) is 24.8 Å². The van der Waals surface area contributed by atoms with Crippen molar-refractivity contribution < 1.29 is 9.53 Å². The molecule has 0 aliphatic carbocycles. The minimum atomic E-state index is -0.0716. The molecule has 2 aliphatic rings. The van der Waals surface area contributed by atoms with E-state index < -0.39 is 0 Å². The van der Waals surface area contributed by atoms with E-state index in [2.05, 4.69) is 20.5 Å². The van der Waals surface area contributed by atoms with Crippen LogP contribution >= 0.6 is 24.8 Å². The van der Waals surface area contributed by atoms with Gasteiger partial charge in [0, 0.05) is 13.1 Å². The maximum atomic E-state index is 12.1. The molecule has 0 bridgehead atoms. The first-order valence-corrected chi connectivity index (χ1v) is 7.66. The number of nitrogens with one attached hydrogen (secondary N) is 2. The Kier molecular flexibility index (Phi) is 8.62. The summed E-state index contributed by atoms with van der Waals surface area (Å²) in [5.74, 6) is 0.975. The van der Waals surface area contributed by atoms with Crippen molar-refractivity contribution in [1.82, 2.24) is 10.3 Å². The van der Waals surface area contributed by atoms with Gasteiger partial charge in [-0.05, 0) is 31.5 Å². The summed E-state index contributed by atoms with van der Waals surface area (Å²) >= 11 is 0. The van der Waals surface area contributed by atoms with E-state index in [1.807, 2.05) is 12.1 Å². The molecule has 1 amide bonds. The predicted molar refractivity (Wildman–Crippen MR) is 96.0 cm³/mol. The van der Waals surface area contributed by atoms with E-state index in [0.29, 0.717) is 0 Å². The number of hydrogen-bond donors (Lipinski definition) is 2. The van der Waals surface area contributed by atoms with Gasteiger partial charge in [0.15, 0.2) is 0 Å². The number of halogens is 2. The highest BCUT2D eigenvalue weighted by Gasteiger charge is 2.20. The van der Waals surface area contributed by atoms with Gasteiger partial charge in [0.2, 0.25) is 5.91 Å². The van der Waals surface area contributed by atoms with Crippen molar-refractivity contribution in [1.29, 1.82) is 0 Å². The molecule has 6 nitrogen and oxygen atoms in total. The Balaban J connectivity index is 0.00000132. The van der Waals surface area contributed by atoms with E-state index in [1.54, 1.807) is 6.20 Å². The zero-order valence-corrected chi connectivity index (χ0v) is 14.6. The average molecular weight is 363 g/mol. The second kappa shape index (κ2) is 9.93. The third kappa shape index (κ3) is 5.49. The molecule has 8 heteroatoms. The maximum absolute atomic E-state index is 12.1. The van der Waals surface area contributed by atoms with E-state index in [9.17, 15) is 4.79 Å². The highest BCUT2D eigenvalue weighted by molar-refractivity contribution is 5.94. The summed E-state index contributed by atoms with van der Waals surface area (Å²) in [5, 5.41) is 6.18. The fourth-order valence-electron chi connectivity index (χ4n) is 2.74. The van der Waals surface area contributed by atoms with Crippen molar-refractivity contribution in [3.05, 3.63) is 18.3 Å². The number of aromatic nitrogens is 1. The molecule has 0 spiro atoms. The lowest BCUT2D eigenvalue weighted by Gasteiger charge is -2.27. The fourth-order valence-corrected chi connectivity index (χ4v) is 2.74. The summed E-state index contributed by atoms with van der Waals surface area (Å²) < 4.78 is 5.33. The van der Waals surface area contributed by atoms with Gasteiger partial charge in [-0.1, -0.05) is 6.42 Å². The zero-order valence-electron chi connectivity index (χ0n) is 13.0. The van der Waals surface area contributed by atoms with Crippen molar-refractivity contribution in [3.63, 3.8) is 0 Å². The molecule has 2 fully saturated rings. The number of nitrogens with zero attached hydrogens (tertiary/aromatic N) is 2.